The molecular formula is C13H12N2O6. The first-order chi connectivity index (χ1) is 10.1. The number of fused-ring (bicyclic) bond motifs is 1. The number of carbonyl (C=O) groups excluding carboxylic acids is 1. The smallest absolute Gasteiger partial charge is 0.328 e. The Morgan fingerprint density at radius 2 is 2.10 bits per heavy atom. The summed E-state index contributed by atoms with van der Waals surface area (Å²) in [6, 6.07) is 4.18. The molecule has 0 N–H and O–H groups in total. The lowest BCUT2D eigenvalue weighted by Gasteiger charge is -2.19. The standard InChI is InChI=1S/C13H12N2O6/c1-2-19-13(16)9(7-14)8-5-11-12(21-4-3-20-11)6-10(8)15(17)18/h5-6,9H,2-4H2,1H3. The number of ether oxygens (including phenoxy) is 3. The summed E-state index contributed by atoms with van der Waals surface area (Å²) in [5.74, 6) is -1.73. The predicted molar refractivity (Wildman–Crippen MR) is 69.1 cm³/mol. The quantitative estimate of drug-likeness (QED) is 0.470. The van der Waals surface area contributed by atoms with Crippen LogP contribution in [0.25, 0.3) is 0 Å². The Morgan fingerprint density at radius 1 is 1.48 bits per heavy atom. The van der Waals surface area contributed by atoms with E-state index in [0.717, 1.165) is 6.07 Å². The van der Waals surface area contributed by atoms with Crippen LogP contribution in [0.4, 0.5) is 5.69 Å². The lowest BCUT2D eigenvalue weighted by molar-refractivity contribution is -0.385. The van der Waals surface area contributed by atoms with E-state index in [4.69, 9.17) is 19.5 Å². The van der Waals surface area contributed by atoms with E-state index in [1.54, 1.807) is 13.0 Å². The van der Waals surface area contributed by atoms with Gasteiger partial charge in [0.1, 0.15) is 13.2 Å². The Balaban J connectivity index is 2.52. The van der Waals surface area contributed by atoms with Gasteiger partial charge in [0.2, 0.25) is 0 Å². The van der Waals surface area contributed by atoms with Crippen molar-refractivity contribution in [3.8, 4) is 17.6 Å². The molecule has 0 saturated carbocycles. The predicted octanol–water partition coefficient (Wildman–Crippen LogP) is 1.54. The zero-order chi connectivity index (χ0) is 15.4. The van der Waals surface area contributed by atoms with Crippen molar-refractivity contribution in [2.45, 2.75) is 12.8 Å². The molecule has 1 aliphatic rings. The summed E-state index contributed by atoms with van der Waals surface area (Å²) in [4.78, 5) is 22.3. The van der Waals surface area contributed by atoms with Crippen LogP contribution in [0.2, 0.25) is 0 Å². The third-order valence-corrected chi connectivity index (χ3v) is 2.85. The molecule has 1 aromatic carbocycles. The SMILES string of the molecule is CCOC(=O)C(C#N)c1cc2c(cc1[N+](=O)[O-])OCCO2. The lowest BCUT2D eigenvalue weighted by Crippen LogP contribution is -2.19. The summed E-state index contributed by atoms with van der Waals surface area (Å²) in [5, 5.41) is 20.3. The summed E-state index contributed by atoms with van der Waals surface area (Å²) in [6.07, 6.45) is 0. The van der Waals surface area contributed by atoms with Crippen LogP contribution in [0.15, 0.2) is 12.1 Å². The molecule has 1 aromatic rings. The van der Waals surface area contributed by atoms with Crippen LogP contribution in [-0.4, -0.2) is 30.7 Å². The molecule has 0 spiro atoms. The van der Waals surface area contributed by atoms with Gasteiger partial charge < -0.3 is 14.2 Å². The highest BCUT2D eigenvalue weighted by atomic mass is 16.6. The molecule has 0 bridgehead atoms. The molecule has 0 radical (unpaired) electrons. The minimum atomic E-state index is -1.39. The molecular weight excluding hydrogens is 280 g/mol. The molecule has 1 heterocycles. The highest BCUT2D eigenvalue weighted by Crippen LogP contribution is 2.39. The van der Waals surface area contributed by atoms with Crippen molar-refractivity contribution in [1.29, 1.82) is 5.26 Å². The van der Waals surface area contributed by atoms with Crippen LogP contribution in [0.5, 0.6) is 11.5 Å². The van der Waals surface area contributed by atoms with E-state index in [1.807, 2.05) is 0 Å². The number of hydrogen-bond acceptors (Lipinski definition) is 7. The van der Waals surface area contributed by atoms with Crippen molar-refractivity contribution in [2.75, 3.05) is 19.8 Å². The number of hydrogen-bond donors (Lipinski definition) is 0. The number of nitriles is 1. The van der Waals surface area contributed by atoms with Crippen molar-refractivity contribution in [2.24, 2.45) is 0 Å². The van der Waals surface area contributed by atoms with Gasteiger partial charge in [-0.3, -0.25) is 14.9 Å². The van der Waals surface area contributed by atoms with Crippen molar-refractivity contribution >= 4 is 11.7 Å². The molecule has 8 heteroatoms. The Bertz CT molecular complexity index is 622. The van der Waals surface area contributed by atoms with E-state index < -0.39 is 16.8 Å². The zero-order valence-electron chi connectivity index (χ0n) is 11.2. The minimum absolute atomic E-state index is 0.0646. The summed E-state index contributed by atoms with van der Waals surface area (Å²) in [6.45, 7) is 2.24. The van der Waals surface area contributed by atoms with E-state index in [1.165, 1.54) is 6.07 Å². The Hall–Kier alpha value is -2.82. The third-order valence-electron chi connectivity index (χ3n) is 2.85. The Labute approximate surface area is 120 Å². The van der Waals surface area contributed by atoms with Crippen LogP contribution < -0.4 is 9.47 Å². The second-order valence-electron chi connectivity index (χ2n) is 4.13. The van der Waals surface area contributed by atoms with Gasteiger partial charge in [-0.05, 0) is 13.0 Å². The normalized spacial score (nSPS) is 13.9. The molecule has 8 nitrogen and oxygen atoms in total. The van der Waals surface area contributed by atoms with E-state index in [2.05, 4.69) is 0 Å². The van der Waals surface area contributed by atoms with Crippen LogP contribution in [-0.2, 0) is 9.53 Å². The average molecular weight is 292 g/mol. The third kappa shape index (κ3) is 2.86. The van der Waals surface area contributed by atoms with E-state index in [-0.39, 0.29) is 36.0 Å². The zero-order valence-corrected chi connectivity index (χ0v) is 11.2. The number of nitrogens with zero attached hydrogens (tertiary/aromatic N) is 2. The molecule has 0 saturated heterocycles. The molecule has 1 aliphatic heterocycles. The second kappa shape index (κ2) is 6.09. The minimum Gasteiger partial charge on any atom is -0.486 e. The van der Waals surface area contributed by atoms with E-state index in [9.17, 15) is 14.9 Å². The van der Waals surface area contributed by atoms with Crippen LogP contribution >= 0.6 is 0 Å². The van der Waals surface area contributed by atoms with Gasteiger partial charge in [0, 0.05) is 0 Å². The average Bonchev–Trinajstić information content (AvgIpc) is 2.47. The van der Waals surface area contributed by atoms with Crippen LogP contribution in [0.1, 0.15) is 18.4 Å². The summed E-state index contributed by atoms with van der Waals surface area (Å²) < 4.78 is 15.4. The first kappa shape index (κ1) is 14.6. The number of nitro benzene ring substituents is 1. The van der Waals surface area contributed by atoms with E-state index >= 15 is 0 Å². The summed E-state index contributed by atoms with van der Waals surface area (Å²) in [7, 11) is 0. The van der Waals surface area contributed by atoms with Crippen molar-refractivity contribution < 1.29 is 23.9 Å². The molecule has 0 aromatic heterocycles. The molecule has 1 atom stereocenters. The number of nitro groups is 1. The topological polar surface area (TPSA) is 112 Å². The maximum absolute atomic E-state index is 11.8. The van der Waals surface area contributed by atoms with Gasteiger partial charge in [0.05, 0.1) is 29.2 Å². The van der Waals surface area contributed by atoms with Gasteiger partial charge in [-0.2, -0.15) is 5.26 Å². The van der Waals surface area contributed by atoms with Crippen molar-refractivity contribution in [3.05, 3.63) is 27.8 Å². The van der Waals surface area contributed by atoms with Gasteiger partial charge in [0.25, 0.3) is 5.69 Å². The van der Waals surface area contributed by atoms with Gasteiger partial charge in [-0.15, -0.1) is 0 Å². The maximum atomic E-state index is 11.8. The Morgan fingerprint density at radius 3 is 2.62 bits per heavy atom. The highest BCUT2D eigenvalue weighted by Gasteiger charge is 2.32. The first-order valence-electron chi connectivity index (χ1n) is 6.22. The number of esters is 1. The fraction of sp³-hybridized carbons (Fsp3) is 0.385. The molecule has 21 heavy (non-hydrogen) atoms. The number of carbonyl (C=O) groups is 1. The van der Waals surface area contributed by atoms with Gasteiger partial charge in [-0.25, -0.2) is 0 Å². The first-order valence-corrected chi connectivity index (χ1v) is 6.22. The van der Waals surface area contributed by atoms with Gasteiger partial charge >= 0.3 is 5.97 Å². The fourth-order valence-electron chi connectivity index (χ4n) is 1.96. The fourth-order valence-corrected chi connectivity index (χ4v) is 1.96. The van der Waals surface area contributed by atoms with Crippen LogP contribution in [0, 0.1) is 21.4 Å². The summed E-state index contributed by atoms with van der Waals surface area (Å²) in [5.41, 5.74) is -0.441. The molecule has 0 amide bonds. The molecule has 2 rings (SSSR count). The lowest BCUT2D eigenvalue weighted by atomic mass is 9.98. The molecule has 0 fully saturated rings. The maximum Gasteiger partial charge on any atom is 0.328 e. The van der Waals surface area contributed by atoms with Gasteiger partial charge in [0.15, 0.2) is 17.4 Å². The van der Waals surface area contributed by atoms with Crippen LogP contribution in [0.3, 0.4) is 0 Å². The second-order valence-corrected chi connectivity index (χ2v) is 4.13. The molecule has 1 unspecified atom stereocenters. The number of benzene rings is 1. The molecule has 0 aliphatic carbocycles. The molecule has 110 valence electrons. The van der Waals surface area contributed by atoms with Gasteiger partial charge in [-0.1, -0.05) is 0 Å². The van der Waals surface area contributed by atoms with Crippen molar-refractivity contribution in [1.82, 2.24) is 0 Å². The Kier molecular flexibility index (Phi) is 4.23. The summed E-state index contributed by atoms with van der Waals surface area (Å²) >= 11 is 0. The number of rotatable bonds is 4. The highest BCUT2D eigenvalue weighted by molar-refractivity contribution is 5.83. The van der Waals surface area contributed by atoms with Crippen molar-refractivity contribution in [3.63, 3.8) is 0 Å². The largest absolute Gasteiger partial charge is 0.486 e. The monoisotopic (exact) mass is 292 g/mol. The van der Waals surface area contributed by atoms with E-state index in [0.29, 0.717) is 6.61 Å².